The summed E-state index contributed by atoms with van der Waals surface area (Å²) in [5, 5.41) is 13.1. The first-order chi connectivity index (χ1) is 9.40. The molecule has 0 bridgehead atoms. The molecule has 0 spiro atoms. The normalized spacial score (nSPS) is 13.3. The molecule has 2 aromatic rings. The number of sulfonamides is 1. The van der Waals surface area contributed by atoms with Crippen molar-refractivity contribution in [2.75, 3.05) is 6.54 Å². The van der Waals surface area contributed by atoms with Crippen molar-refractivity contribution in [2.45, 2.75) is 11.0 Å². The van der Waals surface area contributed by atoms with Crippen LogP contribution in [0.2, 0.25) is 5.02 Å². The van der Waals surface area contributed by atoms with Crippen LogP contribution in [0.5, 0.6) is 0 Å². The largest absolute Gasteiger partial charge is 0.387 e. The van der Waals surface area contributed by atoms with Crippen molar-refractivity contribution in [1.29, 1.82) is 0 Å². The van der Waals surface area contributed by atoms with Crippen LogP contribution in [0.25, 0.3) is 0 Å². The lowest BCUT2D eigenvalue weighted by atomic mass is 10.2. The van der Waals surface area contributed by atoms with E-state index in [2.05, 4.69) is 4.72 Å². The molecule has 0 amide bonds. The third kappa shape index (κ3) is 3.56. The van der Waals surface area contributed by atoms with Gasteiger partial charge in [-0.05, 0) is 40.6 Å². The van der Waals surface area contributed by atoms with Gasteiger partial charge < -0.3 is 5.11 Å². The van der Waals surface area contributed by atoms with Gasteiger partial charge >= 0.3 is 0 Å². The van der Waals surface area contributed by atoms with E-state index in [4.69, 9.17) is 11.6 Å². The second-order valence-electron chi connectivity index (χ2n) is 4.00. The topological polar surface area (TPSA) is 66.4 Å². The Morgan fingerprint density at radius 2 is 2.15 bits per heavy atom. The number of thiophene rings is 1. The molecule has 1 heterocycles. The van der Waals surface area contributed by atoms with Gasteiger partial charge in [0.1, 0.15) is 5.82 Å². The molecule has 0 fully saturated rings. The van der Waals surface area contributed by atoms with Crippen LogP contribution in [-0.2, 0) is 10.0 Å². The first-order valence-corrected chi connectivity index (χ1v) is 8.35. The SMILES string of the molecule is O=S(=O)(NCC(O)c1ccsc1)c1ccc(F)c(Cl)c1. The highest BCUT2D eigenvalue weighted by Crippen LogP contribution is 2.20. The molecule has 108 valence electrons. The molecule has 0 aliphatic rings. The fraction of sp³-hybridized carbons (Fsp3) is 0.167. The first kappa shape index (κ1) is 15.4. The Balaban J connectivity index is 2.09. The van der Waals surface area contributed by atoms with Crippen LogP contribution in [0.1, 0.15) is 11.7 Å². The van der Waals surface area contributed by atoms with Gasteiger partial charge in [0.25, 0.3) is 0 Å². The van der Waals surface area contributed by atoms with Crippen molar-refractivity contribution in [2.24, 2.45) is 0 Å². The summed E-state index contributed by atoms with van der Waals surface area (Å²) >= 11 is 6.95. The van der Waals surface area contributed by atoms with Gasteiger partial charge in [0.15, 0.2) is 0 Å². The van der Waals surface area contributed by atoms with Crippen molar-refractivity contribution in [3.8, 4) is 0 Å². The predicted octanol–water partition coefficient (Wildman–Crippen LogP) is 2.55. The highest BCUT2D eigenvalue weighted by Gasteiger charge is 2.18. The van der Waals surface area contributed by atoms with Crippen LogP contribution < -0.4 is 4.72 Å². The molecule has 0 aliphatic heterocycles. The van der Waals surface area contributed by atoms with Crippen LogP contribution in [-0.4, -0.2) is 20.1 Å². The lowest BCUT2D eigenvalue weighted by Gasteiger charge is -2.11. The summed E-state index contributed by atoms with van der Waals surface area (Å²) in [6.45, 7) is -0.173. The minimum absolute atomic E-state index is 0.151. The van der Waals surface area contributed by atoms with Crippen LogP contribution in [0.15, 0.2) is 39.9 Å². The number of aliphatic hydroxyl groups excluding tert-OH is 1. The number of benzene rings is 1. The van der Waals surface area contributed by atoms with E-state index >= 15 is 0 Å². The highest BCUT2D eigenvalue weighted by atomic mass is 35.5. The first-order valence-electron chi connectivity index (χ1n) is 5.55. The van der Waals surface area contributed by atoms with Crippen molar-refractivity contribution in [3.05, 3.63) is 51.4 Å². The van der Waals surface area contributed by atoms with E-state index in [0.717, 1.165) is 18.2 Å². The number of hydrogen-bond donors (Lipinski definition) is 2. The summed E-state index contributed by atoms with van der Waals surface area (Å²) < 4.78 is 39.2. The molecular weight excluding hydrogens is 325 g/mol. The monoisotopic (exact) mass is 335 g/mol. The summed E-state index contributed by atoms with van der Waals surface area (Å²) in [5.41, 5.74) is 0.634. The fourth-order valence-corrected chi connectivity index (χ4v) is 3.51. The van der Waals surface area contributed by atoms with E-state index in [1.54, 1.807) is 16.8 Å². The predicted molar refractivity (Wildman–Crippen MR) is 75.9 cm³/mol. The Hall–Kier alpha value is -0.990. The van der Waals surface area contributed by atoms with E-state index in [0.29, 0.717) is 5.56 Å². The van der Waals surface area contributed by atoms with Crippen molar-refractivity contribution >= 4 is 33.0 Å². The number of aliphatic hydroxyl groups is 1. The lowest BCUT2D eigenvalue weighted by Crippen LogP contribution is -2.28. The third-order valence-corrected chi connectivity index (χ3v) is 5.01. The Bertz CT molecular complexity index is 689. The van der Waals surface area contributed by atoms with Crippen LogP contribution in [0.4, 0.5) is 4.39 Å². The molecule has 0 saturated heterocycles. The average molecular weight is 336 g/mol. The standard InChI is InChI=1S/C12H11ClFNO3S2/c13-10-5-9(1-2-11(10)14)20(17,18)15-6-12(16)8-3-4-19-7-8/h1-5,7,12,15-16H,6H2. The van der Waals surface area contributed by atoms with Gasteiger partial charge in [-0.2, -0.15) is 11.3 Å². The zero-order valence-electron chi connectivity index (χ0n) is 10.1. The molecule has 0 radical (unpaired) electrons. The minimum Gasteiger partial charge on any atom is -0.387 e. The summed E-state index contributed by atoms with van der Waals surface area (Å²) in [7, 11) is -3.84. The van der Waals surface area contributed by atoms with Crippen molar-refractivity contribution < 1.29 is 17.9 Å². The molecule has 0 aliphatic carbocycles. The van der Waals surface area contributed by atoms with Gasteiger partial charge in [0.05, 0.1) is 16.0 Å². The van der Waals surface area contributed by atoms with E-state index in [1.165, 1.54) is 11.3 Å². The minimum atomic E-state index is -3.84. The molecule has 1 unspecified atom stereocenters. The Labute approximate surface area is 124 Å². The molecule has 0 saturated carbocycles. The second kappa shape index (κ2) is 6.19. The van der Waals surface area contributed by atoms with E-state index in [-0.39, 0.29) is 16.5 Å². The van der Waals surface area contributed by atoms with Crippen LogP contribution in [0, 0.1) is 5.82 Å². The van der Waals surface area contributed by atoms with Crippen molar-refractivity contribution in [1.82, 2.24) is 4.72 Å². The zero-order valence-corrected chi connectivity index (χ0v) is 12.5. The maximum atomic E-state index is 13.0. The van der Waals surface area contributed by atoms with Gasteiger partial charge in [-0.1, -0.05) is 11.6 Å². The average Bonchev–Trinajstić information content (AvgIpc) is 2.93. The van der Waals surface area contributed by atoms with Crippen molar-refractivity contribution in [3.63, 3.8) is 0 Å². The molecule has 4 nitrogen and oxygen atoms in total. The number of halogens is 2. The summed E-state index contributed by atoms with van der Waals surface area (Å²) in [6.07, 6.45) is -0.938. The molecule has 1 atom stereocenters. The lowest BCUT2D eigenvalue weighted by molar-refractivity contribution is 0.182. The van der Waals surface area contributed by atoms with E-state index < -0.39 is 21.9 Å². The molecule has 2 rings (SSSR count). The Morgan fingerprint density at radius 1 is 1.40 bits per heavy atom. The number of nitrogens with one attached hydrogen (secondary N) is 1. The van der Waals surface area contributed by atoms with Gasteiger partial charge in [0, 0.05) is 6.54 Å². The third-order valence-electron chi connectivity index (χ3n) is 2.60. The molecule has 8 heteroatoms. The summed E-state index contributed by atoms with van der Waals surface area (Å²) in [5.74, 6) is -0.691. The van der Waals surface area contributed by atoms with Gasteiger partial charge in [0.2, 0.25) is 10.0 Å². The zero-order chi connectivity index (χ0) is 14.8. The summed E-state index contributed by atoms with van der Waals surface area (Å²) in [4.78, 5) is -0.151. The number of hydrogen-bond acceptors (Lipinski definition) is 4. The van der Waals surface area contributed by atoms with Gasteiger partial charge in [-0.15, -0.1) is 0 Å². The quantitative estimate of drug-likeness (QED) is 0.882. The molecule has 1 aromatic heterocycles. The van der Waals surface area contributed by atoms with E-state index in [1.807, 2.05) is 0 Å². The van der Waals surface area contributed by atoms with Gasteiger partial charge in [-0.25, -0.2) is 17.5 Å². The van der Waals surface area contributed by atoms with Crippen LogP contribution in [0.3, 0.4) is 0 Å². The smallest absolute Gasteiger partial charge is 0.240 e. The Kier molecular flexibility index (Phi) is 4.77. The fourth-order valence-electron chi connectivity index (χ4n) is 1.50. The molecular formula is C12H11ClFNO3S2. The van der Waals surface area contributed by atoms with E-state index in [9.17, 15) is 17.9 Å². The maximum Gasteiger partial charge on any atom is 0.240 e. The Morgan fingerprint density at radius 3 is 2.75 bits per heavy atom. The highest BCUT2D eigenvalue weighted by molar-refractivity contribution is 7.89. The maximum absolute atomic E-state index is 13.0. The summed E-state index contributed by atoms with van der Waals surface area (Å²) in [6, 6.07) is 4.82. The second-order valence-corrected chi connectivity index (χ2v) is 6.95. The molecule has 1 aromatic carbocycles. The molecule has 2 N–H and O–H groups in total. The molecule has 20 heavy (non-hydrogen) atoms. The number of rotatable bonds is 5. The van der Waals surface area contributed by atoms with Crippen LogP contribution >= 0.6 is 22.9 Å². The van der Waals surface area contributed by atoms with Gasteiger partial charge in [-0.3, -0.25) is 0 Å².